The molecule has 0 unspecified atom stereocenters. The number of ether oxygens (including phenoxy) is 1. The number of rotatable bonds is 7. The molecule has 164 valence electrons. The average Bonchev–Trinajstić information content (AvgIpc) is 2.71. The van der Waals surface area contributed by atoms with Crippen LogP contribution in [0.5, 0.6) is 5.75 Å². The highest BCUT2D eigenvalue weighted by Crippen LogP contribution is 2.32. The highest BCUT2D eigenvalue weighted by molar-refractivity contribution is 8.00. The molecular weight excluding hydrogens is 441 g/mol. The molecule has 0 aliphatic heterocycles. The molecule has 3 aromatic rings. The SMILES string of the molecule is CN(Cc1ccc(OC(F)F)cc1)C(=O)CSc1nc(C(F)(F)F)nc2ccccc12. The van der Waals surface area contributed by atoms with E-state index in [-0.39, 0.29) is 34.5 Å². The van der Waals surface area contributed by atoms with Gasteiger partial charge in [0.2, 0.25) is 11.7 Å². The van der Waals surface area contributed by atoms with Gasteiger partial charge in [0.25, 0.3) is 0 Å². The molecule has 1 aromatic heterocycles. The van der Waals surface area contributed by atoms with Crippen molar-refractivity contribution in [1.29, 1.82) is 0 Å². The lowest BCUT2D eigenvalue weighted by molar-refractivity contribution is -0.145. The second kappa shape index (κ2) is 9.46. The van der Waals surface area contributed by atoms with Crippen LogP contribution in [0.3, 0.4) is 0 Å². The van der Waals surface area contributed by atoms with Gasteiger partial charge in [-0.15, -0.1) is 0 Å². The minimum atomic E-state index is -4.71. The van der Waals surface area contributed by atoms with Crippen LogP contribution in [-0.4, -0.2) is 40.2 Å². The quantitative estimate of drug-likeness (QED) is 0.284. The van der Waals surface area contributed by atoms with Crippen molar-refractivity contribution in [3.05, 3.63) is 59.9 Å². The summed E-state index contributed by atoms with van der Waals surface area (Å²) in [5, 5.41) is 0.485. The molecule has 0 bridgehead atoms. The number of nitrogens with zero attached hydrogens (tertiary/aromatic N) is 3. The molecule has 0 spiro atoms. The molecule has 0 saturated heterocycles. The van der Waals surface area contributed by atoms with E-state index < -0.39 is 18.6 Å². The van der Waals surface area contributed by atoms with Crippen LogP contribution in [0.4, 0.5) is 22.0 Å². The van der Waals surface area contributed by atoms with E-state index >= 15 is 0 Å². The van der Waals surface area contributed by atoms with E-state index in [0.29, 0.717) is 10.9 Å². The Morgan fingerprint density at radius 1 is 1.10 bits per heavy atom. The van der Waals surface area contributed by atoms with Gasteiger partial charge < -0.3 is 9.64 Å². The summed E-state index contributed by atoms with van der Waals surface area (Å²) in [5.74, 6) is -1.74. The number of thioether (sulfide) groups is 1. The van der Waals surface area contributed by atoms with Gasteiger partial charge in [-0.25, -0.2) is 9.97 Å². The van der Waals surface area contributed by atoms with Gasteiger partial charge in [0.1, 0.15) is 10.8 Å². The Labute approximate surface area is 178 Å². The number of carbonyl (C=O) groups is 1. The molecule has 1 heterocycles. The smallest absolute Gasteiger partial charge is 0.435 e. The third-order valence-electron chi connectivity index (χ3n) is 4.15. The van der Waals surface area contributed by atoms with Crippen molar-refractivity contribution in [2.75, 3.05) is 12.8 Å². The molecule has 0 atom stereocenters. The molecule has 1 amide bonds. The van der Waals surface area contributed by atoms with Crippen LogP contribution in [0.1, 0.15) is 11.4 Å². The first-order valence-electron chi connectivity index (χ1n) is 8.88. The van der Waals surface area contributed by atoms with Gasteiger partial charge in [-0.1, -0.05) is 42.1 Å². The summed E-state index contributed by atoms with van der Waals surface area (Å²) in [6.07, 6.45) is -4.71. The lowest BCUT2D eigenvalue weighted by Crippen LogP contribution is -2.27. The Kier molecular flexibility index (Phi) is 6.94. The van der Waals surface area contributed by atoms with E-state index in [1.807, 2.05) is 0 Å². The molecule has 0 saturated carbocycles. The maximum Gasteiger partial charge on any atom is 0.451 e. The standard InChI is InChI=1S/C20H16F5N3O2S/c1-28(10-12-6-8-13(9-7-12)30-19(21)22)16(29)11-31-17-14-4-2-3-5-15(14)26-18(27-17)20(23,24)25/h2-9,19H,10-11H2,1H3. The minimum Gasteiger partial charge on any atom is -0.435 e. The van der Waals surface area contributed by atoms with Crippen LogP contribution >= 0.6 is 11.8 Å². The van der Waals surface area contributed by atoms with Crippen molar-refractivity contribution >= 4 is 28.6 Å². The number of fused-ring (bicyclic) bond motifs is 1. The number of benzene rings is 2. The number of amides is 1. The zero-order valence-electron chi connectivity index (χ0n) is 16.1. The van der Waals surface area contributed by atoms with Crippen molar-refractivity contribution in [3.63, 3.8) is 0 Å². The van der Waals surface area contributed by atoms with Gasteiger partial charge in [0.05, 0.1) is 11.3 Å². The molecule has 11 heteroatoms. The van der Waals surface area contributed by atoms with Crippen molar-refractivity contribution < 1.29 is 31.5 Å². The number of aromatic nitrogens is 2. The van der Waals surface area contributed by atoms with Crippen molar-refractivity contribution in [2.24, 2.45) is 0 Å². The number of carbonyl (C=O) groups excluding carboxylic acids is 1. The van der Waals surface area contributed by atoms with Crippen molar-refractivity contribution in [2.45, 2.75) is 24.4 Å². The summed E-state index contributed by atoms with van der Waals surface area (Å²) in [5.41, 5.74) is 0.813. The third-order valence-corrected chi connectivity index (χ3v) is 5.12. The fourth-order valence-corrected chi connectivity index (χ4v) is 3.62. The summed E-state index contributed by atoms with van der Waals surface area (Å²) in [6.45, 7) is -2.74. The van der Waals surface area contributed by atoms with Crippen LogP contribution < -0.4 is 4.74 Å². The van der Waals surface area contributed by atoms with Crippen molar-refractivity contribution in [1.82, 2.24) is 14.9 Å². The van der Waals surface area contributed by atoms with Crippen LogP contribution in [0, 0.1) is 0 Å². The first kappa shape index (κ1) is 22.7. The molecule has 0 aliphatic rings. The number of alkyl halides is 5. The predicted octanol–water partition coefficient (Wildman–Crippen LogP) is 5.00. The number of halogens is 5. The number of hydrogen-bond donors (Lipinski definition) is 0. The van der Waals surface area contributed by atoms with Crippen LogP contribution in [0.25, 0.3) is 10.9 Å². The summed E-state index contributed by atoms with van der Waals surface area (Å²) < 4.78 is 68.0. The maximum absolute atomic E-state index is 13.1. The van der Waals surface area contributed by atoms with E-state index in [2.05, 4.69) is 14.7 Å². The lowest BCUT2D eigenvalue weighted by atomic mass is 10.2. The van der Waals surface area contributed by atoms with Gasteiger partial charge in [0.15, 0.2) is 0 Å². The van der Waals surface area contributed by atoms with Crippen LogP contribution in [-0.2, 0) is 17.5 Å². The van der Waals surface area contributed by atoms with Crippen LogP contribution in [0.2, 0.25) is 0 Å². The summed E-state index contributed by atoms with van der Waals surface area (Å²) in [6, 6.07) is 12.1. The summed E-state index contributed by atoms with van der Waals surface area (Å²) in [4.78, 5) is 21.0. The fraction of sp³-hybridized carbons (Fsp3) is 0.250. The first-order chi connectivity index (χ1) is 14.6. The Balaban J connectivity index is 1.68. The number of hydrogen-bond acceptors (Lipinski definition) is 5. The summed E-state index contributed by atoms with van der Waals surface area (Å²) >= 11 is 0.891. The van der Waals surface area contributed by atoms with Gasteiger partial charge in [-0.3, -0.25) is 4.79 Å². The Morgan fingerprint density at radius 2 is 1.77 bits per heavy atom. The molecule has 0 N–H and O–H groups in total. The Hall–Kier alpha value is -2.95. The first-order valence-corrected chi connectivity index (χ1v) is 9.86. The van der Waals surface area contributed by atoms with E-state index in [1.165, 1.54) is 30.1 Å². The predicted molar refractivity (Wildman–Crippen MR) is 105 cm³/mol. The lowest BCUT2D eigenvalue weighted by Gasteiger charge is -2.17. The molecular formula is C20H16F5N3O2S. The van der Waals surface area contributed by atoms with E-state index in [1.54, 1.807) is 30.3 Å². The fourth-order valence-electron chi connectivity index (χ4n) is 2.66. The normalized spacial score (nSPS) is 11.7. The molecule has 0 radical (unpaired) electrons. The molecule has 2 aromatic carbocycles. The van der Waals surface area contributed by atoms with Gasteiger partial charge in [-0.2, -0.15) is 22.0 Å². The topological polar surface area (TPSA) is 55.3 Å². The van der Waals surface area contributed by atoms with E-state index in [9.17, 15) is 26.7 Å². The maximum atomic E-state index is 13.1. The monoisotopic (exact) mass is 457 g/mol. The number of para-hydroxylation sites is 1. The molecule has 0 aliphatic carbocycles. The minimum absolute atomic E-state index is 0.000562. The highest BCUT2D eigenvalue weighted by atomic mass is 32.2. The molecule has 5 nitrogen and oxygen atoms in total. The van der Waals surface area contributed by atoms with E-state index in [0.717, 1.165) is 11.8 Å². The molecule has 31 heavy (non-hydrogen) atoms. The third kappa shape index (κ3) is 6.03. The van der Waals surface area contributed by atoms with Crippen molar-refractivity contribution in [3.8, 4) is 5.75 Å². The average molecular weight is 457 g/mol. The van der Waals surface area contributed by atoms with Crippen LogP contribution in [0.15, 0.2) is 53.6 Å². The van der Waals surface area contributed by atoms with Gasteiger partial charge in [0, 0.05) is 19.0 Å². The van der Waals surface area contributed by atoms with Gasteiger partial charge in [-0.05, 0) is 23.8 Å². The zero-order valence-corrected chi connectivity index (χ0v) is 16.9. The Morgan fingerprint density at radius 3 is 2.42 bits per heavy atom. The largest absolute Gasteiger partial charge is 0.451 e. The molecule has 0 fully saturated rings. The zero-order chi connectivity index (χ0) is 22.6. The van der Waals surface area contributed by atoms with E-state index in [4.69, 9.17) is 0 Å². The second-order valence-corrected chi connectivity index (χ2v) is 7.39. The second-order valence-electron chi connectivity index (χ2n) is 6.43. The molecule has 3 rings (SSSR count). The summed E-state index contributed by atoms with van der Waals surface area (Å²) in [7, 11) is 1.53. The Bertz CT molecular complexity index is 1060. The highest BCUT2D eigenvalue weighted by Gasteiger charge is 2.35. The van der Waals surface area contributed by atoms with Gasteiger partial charge >= 0.3 is 12.8 Å².